The molecule has 4 nitrogen and oxygen atoms in total. The van der Waals surface area contributed by atoms with Crippen molar-refractivity contribution in [2.75, 3.05) is 0 Å². The van der Waals surface area contributed by atoms with Crippen LogP contribution in [0.3, 0.4) is 0 Å². The molecule has 0 N–H and O–H groups in total. The maximum atomic E-state index is 12.8. The first-order valence-electron chi connectivity index (χ1n) is 5.85. The van der Waals surface area contributed by atoms with Crippen LogP contribution in [-0.2, 0) is 16.3 Å². The Morgan fingerprint density at radius 1 is 1.00 bits per heavy atom. The lowest BCUT2D eigenvalue weighted by atomic mass is 10.2. The zero-order chi connectivity index (χ0) is 16.4. The molecule has 0 aliphatic carbocycles. The molecule has 0 radical (unpaired) electrons. The number of hydrogen-bond donors (Lipinski definition) is 0. The van der Waals surface area contributed by atoms with E-state index < -0.39 is 32.5 Å². The van der Waals surface area contributed by atoms with Crippen molar-refractivity contribution in [1.29, 1.82) is 5.26 Å². The summed E-state index contributed by atoms with van der Waals surface area (Å²) in [4.78, 5) is -0.491. The number of rotatable bonds is 3. The van der Waals surface area contributed by atoms with Crippen molar-refractivity contribution < 1.29 is 25.8 Å². The Kier molecular flexibility index (Phi) is 4.10. The first kappa shape index (κ1) is 15.9. The number of para-hydroxylation sites is 1. The average molecular weight is 327 g/mol. The summed E-state index contributed by atoms with van der Waals surface area (Å²) in [5.74, 6) is -0.845. The summed E-state index contributed by atoms with van der Waals surface area (Å²) < 4.78 is 67.4. The number of nitrogens with zero attached hydrogens (tertiary/aromatic N) is 1. The Morgan fingerprint density at radius 2 is 1.59 bits per heavy atom. The molecule has 0 saturated carbocycles. The van der Waals surface area contributed by atoms with Gasteiger partial charge in [-0.2, -0.15) is 26.9 Å². The Labute approximate surface area is 124 Å². The smallest absolute Gasteiger partial charge is 0.378 e. The van der Waals surface area contributed by atoms with Gasteiger partial charge in [0.15, 0.2) is 5.75 Å². The van der Waals surface area contributed by atoms with Gasteiger partial charge in [0.2, 0.25) is 0 Å². The highest BCUT2D eigenvalue weighted by Gasteiger charge is 2.35. The zero-order valence-electron chi connectivity index (χ0n) is 10.8. The highest BCUT2D eigenvalue weighted by atomic mass is 32.2. The third kappa shape index (κ3) is 3.20. The molecule has 0 unspecified atom stereocenters. The molecule has 0 fully saturated rings. The van der Waals surface area contributed by atoms with Crippen molar-refractivity contribution >= 4 is 10.1 Å². The van der Waals surface area contributed by atoms with E-state index in [1.54, 1.807) is 6.07 Å². The second-order valence-corrected chi connectivity index (χ2v) is 5.65. The van der Waals surface area contributed by atoms with Crippen LogP contribution >= 0.6 is 0 Å². The quantitative estimate of drug-likeness (QED) is 0.811. The van der Waals surface area contributed by atoms with E-state index in [4.69, 9.17) is 5.26 Å². The van der Waals surface area contributed by atoms with Gasteiger partial charge in [-0.25, -0.2) is 0 Å². The molecular weight excluding hydrogens is 319 g/mol. The molecule has 0 bridgehead atoms. The predicted octanol–water partition coefficient (Wildman–Crippen LogP) is 3.34. The zero-order valence-corrected chi connectivity index (χ0v) is 11.6. The van der Waals surface area contributed by atoms with Crippen LogP contribution in [0.1, 0.15) is 11.1 Å². The summed E-state index contributed by atoms with van der Waals surface area (Å²) in [7, 11) is -4.56. The van der Waals surface area contributed by atoms with Crippen molar-refractivity contribution in [3.8, 4) is 11.8 Å². The molecule has 2 aromatic rings. The van der Waals surface area contributed by atoms with Gasteiger partial charge in [0, 0.05) is 0 Å². The molecular formula is C14H8F3NO3S. The summed E-state index contributed by atoms with van der Waals surface area (Å²) in [6, 6.07) is 10.7. The highest BCUT2D eigenvalue weighted by Crippen LogP contribution is 2.37. The lowest BCUT2D eigenvalue weighted by molar-refractivity contribution is -0.138. The maximum absolute atomic E-state index is 12.8. The van der Waals surface area contributed by atoms with Gasteiger partial charge in [0.25, 0.3) is 0 Å². The Balaban J connectivity index is 2.50. The molecule has 2 aromatic carbocycles. The Morgan fingerprint density at radius 3 is 2.23 bits per heavy atom. The number of hydrogen-bond acceptors (Lipinski definition) is 4. The van der Waals surface area contributed by atoms with E-state index in [1.807, 2.05) is 0 Å². The fourth-order valence-corrected chi connectivity index (χ4v) is 2.81. The van der Waals surface area contributed by atoms with Crippen molar-refractivity contribution in [3.63, 3.8) is 0 Å². The van der Waals surface area contributed by atoms with Gasteiger partial charge >= 0.3 is 16.3 Å². The fraction of sp³-hybridized carbons (Fsp3) is 0.0714. The van der Waals surface area contributed by atoms with Crippen molar-refractivity contribution in [2.45, 2.75) is 11.1 Å². The standard InChI is InChI=1S/C14H8F3NO3S/c15-14(16,17)11-6-2-3-7-12(11)21-22(19,20)13-8-4-1-5-10(13)9-18/h1-8H. The van der Waals surface area contributed by atoms with Crippen LogP contribution in [0.5, 0.6) is 5.75 Å². The average Bonchev–Trinajstić information content (AvgIpc) is 2.46. The maximum Gasteiger partial charge on any atom is 0.420 e. The van der Waals surface area contributed by atoms with Gasteiger partial charge in [-0.05, 0) is 24.3 Å². The molecule has 0 heterocycles. The van der Waals surface area contributed by atoms with Crippen LogP contribution < -0.4 is 4.18 Å². The van der Waals surface area contributed by atoms with Crippen molar-refractivity contribution in [1.82, 2.24) is 0 Å². The van der Waals surface area contributed by atoms with Gasteiger partial charge in [-0.15, -0.1) is 0 Å². The molecule has 0 saturated heterocycles. The minimum absolute atomic E-state index is 0.216. The number of nitriles is 1. The largest absolute Gasteiger partial charge is 0.420 e. The van der Waals surface area contributed by atoms with Crippen molar-refractivity contribution in [2.24, 2.45) is 0 Å². The molecule has 0 aromatic heterocycles. The first-order chi connectivity index (χ1) is 10.3. The van der Waals surface area contributed by atoms with Gasteiger partial charge in [0.05, 0.1) is 11.1 Å². The summed E-state index contributed by atoms with van der Waals surface area (Å²) >= 11 is 0. The Hall–Kier alpha value is -2.53. The number of alkyl halides is 3. The minimum atomic E-state index is -4.76. The number of halogens is 3. The topological polar surface area (TPSA) is 67.2 Å². The van der Waals surface area contributed by atoms with E-state index in [9.17, 15) is 21.6 Å². The number of benzene rings is 2. The van der Waals surface area contributed by atoms with E-state index in [-0.39, 0.29) is 5.56 Å². The van der Waals surface area contributed by atoms with E-state index in [0.29, 0.717) is 6.07 Å². The molecule has 2 rings (SSSR count). The third-order valence-corrected chi connectivity index (χ3v) is 3.96. The van der Waals surface area contributed by atoms with Gasteiger partial charge in [-0.1, -0.05) is 24.3 Å². The molecule has 0 aliphatic rings. The third-order valence-electron chi connectivity index (χ3n) is 2.67. The summed E-state index contributed by atoms with van der Waals surface area (Å²) in [5, 5.41) is 8.88. The van der Waals surface area contributed by atoms with Crippen LogP contribution in [0.4, 0.5) is 13.2 Å². The Bertz CT molecular complexity index is 839. The lowest BCUT2D eigenvalue weighted by Crippen LogP contribution is -2.15. The second-order valence-electron chi connectivity index (χ2n) is 4.14. The summed E-state index contributed by atoms with van der Waals surface area (Å²) in [6.07, 6.45) is -4.76. The first-order valence-corrected chi connectivity index (χ1v) is 7.26. The highest BCUT2D eigenvalue weighted by molar-refractivity contribution is 7.87. The van der Waals surface area contributed by atoms with Crippen LogP contribution in [0.15, 0.2) is 53.4 Å². The molecule has 8 heteroatoms. The molecule has 22 heavy (non-hydrogen) atoms. The van der Waals surface area contributed by atoms with Crippen LogP contribution in [0.25, 0.3) is 0 Å². The van der Waals surface area contributed by atoms with E-state index in [0.717, 1.165) is 18.2 Å². The van der Waals surface area contributed by atoms with E-state index >= 15 is 0 Å². The molecule has 0 amide bonds. The van der Waals surface area contributed by atoms with E-state index in [2.05, 4.69) is 4.18 Å². The summed E-state index contributed by atoms with van der Waals surface area (Å²) in [6.45, 7) is 0. The van der Waals surface area contributed by atoms with Gasteiger partial charge in [0.1, 0.15) is 11.0 Å². The lowest BCUT2D eigenvalue weighted by Gasteiger charge is -2.13. The molecule has 114 valence electrons. The fourth-order valence-electron chi connectivity index (χ4n) is 1.71. The molecule has 0 atom stereocenters. The van der Waals surface area contributed by atoms with Gasteiger partial charge in [-0.3, -0.25) is 0 Å². The summed E-state index contributed by atoms with van der Waals surface area (Å²) in [5.41, 5.74) is -1.43. The van der Waals surface area contributed by atoms with Crippen molar-refractivity contribution in [3.05, 3.63) is 59.7 Å². The predicted molar refractivity (Wildman–Crippen MR) is 70.4 cm³/mol. The van der Waals surface area contributed by atoms with Crippen LogP contribution in [0.2, 0.25) is 0 Å². The second kappa shape index (κ2) is 5.69. The minimum Gasteiger partial charge on any atom is -0.378 e. The van der Waals surface area contributed by atoms with E-state index in [1.165, 1.54) is 24.3 Å². The molecule has 0 spiro atoms. The SMILES string of the molecule is N#Cc1ccccc1S(=O)(=O)Oc1ccccc1C(F)(F)F. The van der Waals surface area contributed by atoms with Gasteiger partial charge < -0.3 is 4.18 Å². The normalized spacial score (nSPS) is 11.7. The van der Waals surface area contributed by atoms with Crippen LogP contribution in [0, 0.1) is 11.3 Å². The monoisotopic (exact) mass is 327 g/mol. The molecule has 0 aliphatic heterocycles. The van der Waals surface area contributed by atoms with Crippen LogP contribution in [-0.4, -0.2) is 8.42 Å².